The molecule has 106 valence electrons. The Hall–Kier alpha value is -2.24. The minimum atomic E-state index is -4.44. The van der Waals surface area contributed by atoms with Gasteiger partial charge in [-0.3, -0.25) is 0 Å². The first-order chi connectivity index (χ1) is 9.41. The van der Waals surface area contributed by atoms with Gasteiger partial charge in [0.2, 0.25) is 0 Å². The van der Waals surface area contributed by atoms with Crippen molar-refractivity contribution in [3.8, 4) is 5.75 Å². The summed E-state index contributed by atoms with van der Waals surface area (Å²) in [5.74, 6) is -0.422. The van der Waals surface area contributed by atoms with E-state index in [0.717, 1.165) is 6.07 Å². The predicted molar refractivity (Wildman–Crippen MR) is 66.5 cm³/mol. The fraction of sp³-hybridized carbons (Fsp3) is 0.214. The highest BCUT2D eigenvalue weighted by atomic mass is 19.4. The van der Waals surface area contributed by atoms with Crippen LogP contribution in [0.2, 0.25) is 0 Å². The number of benzene rings is 2. The number of methoxy groups -OCH3 is 1. The number of rotatable bonds is 3. The van der Waals surface area contributed by atoms with E-state index in [4.69, 9.17) is 4.74 Å². The zero-order valence-corrected chi connectivity index (χ0v) is 10.5. The summed E-state index contributed by atoms with van der Waals surface area (Å²) < 4.78 is 48.2. The summed E-state index contributed by atoms with van der Waals surface area (Å²) in [5.41, 5.74) is -0.737. The number of carbonyl (C=O) groups excluding carboxylic acids is 1. The fourth-order valence-corrected chi connectivity index (χ4v) is 1.79. The summed E-state index contributed by atoms with van der Waals surface area (Å²) in [6.45, 7) is -0.351. The van der Waals surface area contributed by atoms with Crippen LogP contribution in [0.1, 0.15) is 5.56 Å². The third-order valence-corrected chi connectivity index (χ3v) is 2.74. The molecule has 0 bridgehead atoms. The molecule has 2 aromatic rings. The molecule has 0 aromatic heterocycles. The summed E-state index contributed by atoms with van der Waals surface area (Å²) in [5, 5.41) is 0.479. The van der Waals surface area contributed by atoms with Gasteiger partial charge in [-0.25, -0.2) is 4.79 Å². The highest BCUT2D eigenvalue weighted by Crippen LogP contribution is 2.36. The van der Waals surface area contributed by atoms with Crippen molar-refractivity contribution in [2.45, 2.75) is 6.18 Å². The van der Waals surface area contributed by atoms with Crippen LogP contribution in [-0.2, 0) is 15.7 Å². The fourth-order valence-electron chi connectivity index (χ4n) is 1.79. The molecule has 0 spiro atoms. The Kier molecular flexibility index (Phi) is 3.83. The maximum atomic E-state index is 12.9. The van der Waals surface area contributed by atoms with Crippen LogP contribution in [0.5, 0.6) is 5.75 Å². The molecule has 3 nitrogen and oxygen atoms in total. The molecule has 20 heavy (non-hydrogen) atoms. The Labute approximate surface area is 112 Å². The van der Waals surface area contributed by atoms with E-state index in [1.54, 1.807) is 6.07 Å². The summed E-state index contributed by atoms with van der Waals surface area (Å²) in [4.78, 5) is 10.9. The van der Waals surface area contributed by atoms with Crippen LogP contribution >= 0.6 is 0 Å². The minimum Gasteiger partial charge on any atom is -0.482 e. The quantitative estimate of drug-likeness (QED) is 0.810. The summed E-state index contributed by atoms with van der Waals surface area (Å²) in [7, 11) is 1.20. The Bertz CT molecular complexity index is 635. The molecule has 2 rings (SSSR count). The molecular formula is C14H11F3O3. The molecule has 0 unspecified atom stereocenters. The van der Waals surface area contributed by atoms with E-state index in [0.29, 0.717) is 5.39 Å². The molecule has 0 saturated carbocycles. The van der Waals surface area contributed by atoms with Crippen molar-refractivity contribution in [2.24, 2.45) is 0 Å². The van der Waals surface area contributed by atoms with Crippen LogP contribution < -0.4 is 4.74 Å². The number of ether oxygens (including phenoxy) is 2. The maximum absolute atomic E-state index is 12.9. The Morgan fingerprint density at radius 1 is 1.20 bits per heavy atom. The van der Waals surface area contributed by atoms with Crippen molar-refractivity contribution in [3.63, 3.8) is 0 Å². The zero-order chi connectivity index (χ0) is 14.8. The number of esters is 1. The van der Waals surface area contributed by atoms with E-state index in [9.17, 15) is 18.0 Å². The average Bonchev–Trinajstić information content (AvgIpc) is 2.42. The largest absolute Gasteiger partial charge is 0.482 e. The molecule has 0 radical (unpaired) electrons. The summed E-state index contributed by atoms with van der Waals surface area (Å²) in [6.07, 6.45) is -4.44. The first-order valence-electron chi connectivity index (χ1n) is 5.71. The molecule has 0 amide bonds. The molecule has 2 aromatic carbocycles. The molecule has 6 heteroatoms. The lowest BCUT2D eigenvalue weighted by molar-refractivity contribution is -0.143. The first-order valence-corrected chi connectivity index (χ1v) is 5.71. The van der Waals surface area contributed by atoms with Gasteiger partial charge in [-0.15, -0.1) is 0 Å². The third kappa shape index (κ3) is 3.01. The van der Waals surface area contributed by atoms with Gasteiger partial charge in [-0.05, 0) is 29.0 Å². The van der Waals surface area contributed by atoms with E-state index in [-0.39, 0.29) is 17.7 Å². The normalized spacial score (nSPS) is 11.4. The van der Waals surface area contributed by atoms with Crippen molar-refractivity contribution >= 4 is 16.7 Å². The lowest BCUT2D eigenvalue weighted by Gasteiger charge is -2.12. The van der Waals surface area contributed by atoms with Crippen molar-refractivity contribution in [3.05, 3.63) is 42.0 Å². The van der Waals surface area contributed by atoms with Crippen LogP contribution in [0, 0.1) is 0 Å². The smallest absolute Gasteiger partial charge is 0.417 e. The maximum Gasteiger partial charge on any atom is 0.417 e. The monoisotopic (exact) mass is 284 g/mol. The average molecular weight is 284 g/mol. The number of hydrogen-bond acceptors (Lipinski definition) is 3. The van der Waals surface area contributed by atoms with Gasteiger partial charge in [0.25, 0.3) is 0 Å². The Morgan fingerprint density at radius 3 is 2.60 bits per heavy atom. The van der Waals surface area contributed by atoms with E-state index in [1.165, 1.54) is 31.4 Å². The standard InChI is InChI=1S/C14H11F3O3/c1-19-13(18)8-20-10-6-5-9-3-2-4-12(11(9)7-10)14(15,16)17/h2-7H,8H2,1H3. The topological polar surface area (TPSA) is 35.5 Å². The van der Waals surface area contributed by atoms with Gasteiger partial charge in [0.15, 0.2) is 6.61 Å². The van der Waals surface area contributed by atoms with Gasteiger partial charge < -0.3 is 9.47 Å². The Morgan fingerprint density at radius 2 is 1.95 bits per heavy atom. The minimum absolute atomic E-state index is 0.0300. The molecule has 0 aliphatic carbocycles. The first kappa shape index (κ1) is 14.2. The Balaban J connectivity index is 2.39. The molecule has 0 heterocycles. The number of hydrogen-bond donors (Lipinski definition) is 0. The molecular weight excluding hydrogens is 273 g/mol. The zero-order valence-electron chi connectivity index (χ0n) is 10.5. The SMILES string of the molecule is COC(=O)COc1ccc2cccc(C(F)(F)F)c2c1. The van der Waals surface area contributed by atoms with Gasteiger partial charge in [0, 0.05) is 0 Å². The van der Waals surface area contributed by atoms with Gasteiger partial charge in [0.05, 0.1) is 12.7 Å². The van der Waals surface area contributed by atoms with Crippen molar-refractivity contribution in [1.82, 2.24) is 0 Å². The second-order valence-electron chi connectivity index (χ2n) is 4.05. The second-order valence-corrected chi connectivity index (χ2v) is 4.05. The molecule has 0 N–H and O–H groups in total. The van der Waals surface area contributed by atoms with E-state index >= 15 is 0 Å². The van der Waals surface area contributed by atoms with Gasteiger partial charge in [0.1, 0.15) is 5.75 Å². The number of alkyl halides is 3. The van der Waals surface area contributed by atoms with Crippen LogP contribution in [0.3, 0.4) is 0 Å². The lowest BCUT2D eigenvalue weighted by atomic mass is 10.0. The van der Waals surface area contributed by atoms with Gasteiger partial charge >= 0.3 is 12.1 Å². The highest BCUT2D eigenvalue weighted by molar-refractivity contribution is 5.87. The van der Waals surface area contributed by atoms with Crippen LogP contribution in [0.15, 0.2) is 36.4 Å². The van der Waals surface area contributed by atoms with Crippen LogP contribution in [0.4, 0.5) is 13.2 Å². The predicted octanol–water partition coefficient (Wildman–Crippen LogP) is 3.41. The lowest BCUT2D eigenvalue weighted by Crippen LogP contribution is -2.12. The summed E-state index contributed by atoms with van der Waals surface area (Å²) >= 11 is 0. The molecule has 0 atom stereocenters. The van der Waals surface area contributed by atoms with E-state index in [2.05, 4.69) is 4.74 Å². The van der Waals surface area contributed by atoms with E-state index in [1.807, 2.05) is 0 Å². The second kappa shape index (κ2) is 5.40. The van der Waals surface area contributed by atoms with Crippen molar-refractivity contribution in [1.29, 1.82) is 0 Å². The molecule has 0 aliphatic heterocycles. The van der Waals surface area contributed by atoms with Crippen molar-refractivity contribution < 1.29 is 27.4 Å². The van der Waals surface area contributed by atoms with Crippen LogP contribution in [0.25, 0.3) is 10.8 Å². The molecule has 0 saturated heterocycles. The van der Waals surface area contributed by atoms with Gasteiger partial charge in [-0.1, -0.05) is 18.2 Å². The van der Waals surface area contributed by atoms with E-state index < -0.39 is 17.7 Å². The molecule has 0 aliphatic rings. The number of halogens is 3. The molecule has 0 fully saturated rings. The highest BCUT2D eigenvalue weighted by Gasteiger charge is 2.32. The van der Waals surface area contributed by atoms with Crippen molar-refractivity contribution in [2.75, 3.05) is 13.7 Å². The number of fused-ring (bicyclic) bond motifs is 1. The van der Waals surface area contributed by atoms with Gasteiger partial charge in [-0.2, -0.15) is 13.2 Å². The summed E-state index contributed by atoms with van der Waals surface area (Å²) in [6, 6.07) is 8.21. The third-order valence-electron chi connectivity index (χ3n) is 2.74. The number of carbonyl (C=O) groups is 1. The van der Waals surface area contributed by atoms with Crippen LogP contribution in [-0.4, -0.2) is 19.7 Å².